The maximum Gasteiger partial charge on any atom is 0.416 e. The molecule has 1 saturated heterocycles. The van der Waals surface area contributed by atoms with Crippen molar-refractivity contribution in [3.8, 4) is 17.0 Å². The van der Waals surface area contributed by atoms with Gasteiger partial charge >= 0.3 is 6.18 Å². The second kappa shape index (κ2) is 8.33. The number of phenolic OH excluding ortho intramolecular Hbond substituents is 1. The lowest BCUT2D eigenvalue weighted by Crippen LogP contribution is -2.42. The third-order valence-corrected chi connectivity index (χ3v) is 5.48. The van der Waals surface area contributed by atoms with Crippen molar-refractivity contribution in [3.63, 3.8) is 0 Å². The summed E-state index contributed by atoms with van der Waals surface area (Å²) in [5.74, 6) is 0.293. The number of phenols is 1. The number of alkyl halides is 3. The molecule has 1 aliphatic rings. The molecule has 0 spiro atoms. The summed E-state index contributed by atoms with van der Waals surface area (Å²) in [6, 6.07) is 3.57. The van der Waals surface area contributed by atoms with Gasteiger partial charge in [0.2, 0.25) is 5.95 Å². The predicted octanol–water partition coefficient (Wildman–Crippen LogP) is 4.11. The van der Waals surface area contributed by atoms with E-state index in [0.717, 1.165) is 51.0 Å². The van der Waals surface area contributed by atoms with Crippen LogP contribution in [-0.2, 0) is 6.18 Å². The van der Waals surface area contributed by atoms with Gasteiger partial charge in [-0.1, -0.05) is 6.92 Å². The molecular formula is C21H25F3N6O. The summed E-state index contributed by atoms with van der Waals surface area (Å²) in [6.45, 7) is 6.78. The molecule has 7 nitrogen and oxygen atoms in total. The molecule has 1 aromatic carbocycles. The summed E-state index contributed by atoms with van der Waals surface area (Å²) in [6.07, 6.45) is 0.365. The molecule has 31 heavy (non-hydrogen) atoms. The van der Waals surface area contributed by atoms with E-state index in [9.17, 15) is 18.3 Å². The SMILES string of the molecule is CCCN1CCC[C@@H](Nc2nc3nc(-c4c(C)cc(C(F)(F)F)cc4O)ccn3n2)C1. The molecule has 1 aliphatic heterocycles. The number of rotatable bonds is 5. The van der Waals surface area contributed by atoms with Gasteiger partial charge in [0.05, 0.1) is 11.3 Å². The quantitative estimate of drug-likeness (QED) is 0.629. The number of aromatic hydroxyl groups is 1. The second-order valence-corrected chi connectivity index (χ2v) is 7.96. The molecule has 1 atom stereocenters. The van der Waals surface area contributed by atoms with Crippen molar-refractivity contribution in [1.82, 2.24) is 24.5 Å². The number of fused-ring (bicyclic) bond motifs is 1. The molecular weight excluding hydrogens is 409 g/mol. The Kier molecular flexibility index (Phi) is 5.74. The molecule has 10 heteroatoms. The summed E-state index contributed by atoms with van der Waals surface area (Å²) in [7, 11) is 0. The van der Waals surface area contributed by atoms with Crippen LogP contribution in [0.1, 0.15) is 37.3 Å². The van der Waals surface area contributed by atoms with Gasteiger partial charge in [0.25, 0.3) is 5.78 Å². The number of hydrogen-bond acceptors (Lipinski definition) is 6. The molecule has 0 unspecified atom stereocenters. The highest BCUT2D eigenvalue weighted by Crippen LogP contribution is 2.38. The number of aryl methyl sites for hydroxylation is 1. The van der Waals surface area contributed by atoms with E-state index in [2.05, 4.69) is 32.2 Å². The van der Waals surface area contributed by atoms with Crippen molar-refractivity contribution in [2.45, 2.75) is 45.3 Å². The molecule has 3 aromatic rings. The first-order chi connectivity index (χ1) is 14.7. The third kappa shape index (κ3) is 4.58. The lowest BCUT2D eigenvalue weighted by Gasteiger charge is -2.32. The minimum atomic E-state index is -4.53. The van der Waals surface area contributed by atoms with Crippen LogP contribution >= 0.6 is 0 Å². The summed E-state index contributed by atoms with van der Waals surface area (Å²) in [5, 5.41) is 18.0. The molecule has 0 radical (unpaired) electrons. The Hall–Kier alpha value is -2.88. The Bertz CT molecular complexity index is 1060. The maximum atomic E-state index is 13.0. The van der Waals surface area contributed by atoms with Gasteiger partial charge in [0.1, 0.15) is 5.75 Å². The zero-order chi connectivity index (χ0) is 22.2. The van der Waals surface area contributed by atoms with Crippen molar-refractivity contribution < 1.29 is 18.3 Å². The van der Waals surface area contributed by atoms with Crippen molar-refractivity contribution in [2.75, 3.05) is 25.0 Å². The van der Waals surface area contributed by atoms with Crippen LogP contribution in [0.15, 0.2) is 24.4 Å². The molecule has 2 N–H and O–H groups in total. The van der Waals surface area contributed by atoms with Crippen LogP contribution in [0.2, 0.25) is 0 Å². The van der Waals surface area contributed by atoms with Gasteiger partial charge in [-0.05, 0) is 63.0 Å². The largest absolute Gasteiger partial charge is 0.507 e. The minimum absolute atomic E-state index is 0.246. The van der Waals surface area contributed by atoms with Gasteiger partial charge in [0, 0.05) is 24.3 Å². The first-order valence-corrected chi connectivity index (χ1v) is 10.4. The summed E-state index contributed by atoms with van der Waals surface area (Å²) in [4.78, 5) is 11.3. The Labute approximate surface area is 177 Å². The van der Waals surface area contributed by atoms with E-state index in [1.54, 1.807) is 12.3 Å². The van der Waals surface area contributed by atoms with Crippen molar-refractivity contribution in [2.24, 2.45) is 0 Å². The van der Waals surface area contributed by atoms with E-state index < -0.39 is 17.5 Å². The first-order valence-electron chi connectivity index (χ1n) is 10.4. The Morgan fingerprint density at radius 2 is 2.06 bits per heavy atom. The fourth-order valence-electron chi connectivity index (χ4n) is 4.12. The number of benzene rings is 1. The fourth-order valence-corrected chi connectivity index (χ4v) is 4.12. The highest BCUT2D eigenvalue weighted by atomic mass is 19.4. The van der Waals surface area contributed by atoms with Crippen molar-refractivity contribution in [1.29, 1.82) is 0 Å². The highest BCUT2D eigenvalue weighted by Gasteiger charge is 2.32. The van der Waals surface area contributed by atoms with Crippen molar-refractivity contribution >= 4 is 11.7 Å². The number of anilines is 1. The van der Waals surface area contributed by atoms with Crippen LogP contribution in [0.25, 0.3) is 17.0 Å². The number of nitrogens with one attached hydrogen (secondary N) is 1. The van der Waals surface area contributed by atoms with Gasteiger partial charge in [-0.15, -0.1) is 5.10 Å². The molecule has 166 valence electrons. The van der Waals surface area contributed by atoms with Crippen LogP contribution in [0.3, 0.4) is 0 Å². The van der Waals surface area contributed by atoms with E-state index in [0.29, 0.717) is 17.4 Å². The fraction of sp³-hybridized carbons (Fsp3) is 0.476. The van der Waals surface area contributed by atoms with E-state index >= 15 is 0 Å². The first kappa shape index (κ1) is 21.4. The number of piperidine rings is 1. The van der Waals surface area contributed by atoms with E-state index in [4.69, 9.17) is 0 Å². The Morgan fingerprint density at radius 3 is 2.77 bits per heavy atom. The van der Waals surface area contributed by atoms with Crippen LogP contribution < -0.4 is 5.32 Å². The number of aromatic nitrogens is 4. The van der Waals surface area contributed by atoms with Crippen LogP contribution in [0.5, 0.6) is 5.75 Å². The topological polar surface area (TPSA) is 78.6 Å². The van der Waals surface area contributed by atoms with Crippen molar-refractivity contribution in [3.05, 3.63) is 35.5 Å². The lowest BCUT2D eigenvalue weighted by atomic mass is 10.0. The number of nitrogens with zero attached hydrogens (tertiary/aromatic N) is 5. The Balaban J connectivity index is 1.58. The normalized spacial score (nSPS) is 17.9. The molecule has 0 saturated carbocycles. The molecule has 1 fully saturated rings. The van der Waals surface area contributed by atoms with Crippen LogP contribution in [0, 0.1) is 6.92 Å². The van der Waals surface area contributed by atoms with Gasteiger partial charge in [-0.3, -0.25) is 0 Å². The van der Waals surface area contributed by atoms with Gasteiger partial charge < -0.3 is 15.3 Å². The number of hydrogen-bond donors (Lipinski definition) is 2. The van der Waals surface area contributed by atoms with E-state index in [1.165, 1.54) is 11.4 Å². The summed E-state index contributed by atoms with van der Waals surface area (Å²) < 4.78 is 40.5. The highest BCUT2D eigenvalue weighted by molar-refractivity contribution is 5.72. The molecule has 3 heterocycles. The van der Waals surface area contributed by atoms with Crippen LogP contribution in [0.4, 0.5) is 19.1 Å². The predicted molar refractivity (Wildman–Crippen MR) is 111 cm³/mol. The van der Waals surface area contributed by atoms with Gasteiger partial charge in [-0.2, -0.15) is 18.2 Å². The summed E-state index contributed by atoms with van der Waals surface area (Å²) in [5.41, 5.74) is -0.0383. The number of halogens is 3. The average molecular weight is 434 g/mol. The van der Waals surface area contributed by atoms with Crippen LogP contribution in [-0.4, -0.2) is 55.3 Å². The monoisotopic (exact) mass is 434 g/mol. The van der Waals surface area contributed by atoms with E-state index in [1.807, 2.05) is 0 Å². The molecule has 4 rings (SSSR count). The molecule has 2 aromatic heterocycles. The third-order valence-electron chi connectivity index (χ3n) is 5.48. The zero-order valence-corrected chi connectivity index (χ0v) is 17.4. The lowest BCUT2D eigenvalue weighted by molar-refractivity contribution is -0.137. The second-order valence-electron chi connectivity index (χ2n) is 7.96. The maximum absolute atomic E-state index is 13.0. The molecule has 0 amide bonds. The zero-order valence-electron chi connectivity index (χ0n) is 17.4. The molecule has 0 aliphatic carbocycles. The average Bonchev–Trinajstić information content (AvgIpc) is 3.09. The smallest absolute Gasteiger partial charge is 0.416 e. The Morgan fingerprint density at radius 1 is 1.26 bits per heavy atom. The van der Waals surface area contributed by atoms with E-state index in [-0.39, 0.29) is 17.2 Å². The minimum Gasteiger partial charge on any atom is -0.507 e. The summed E-state index contributed by atoms with van der Waals surface area (Å²) >= 11 is 0. The standard InChI is InChI=1S/C21H25F3N6O/c1-3-7-29-8-4-5-15(12-29)25-19-27-20-26-16(6-9-30(20)28-19)18-13(2)10-14(11-17(18)31)21(22,23)24/h6,9-11,15,31H,3-5,7-8,12H2,1-2H3,(H,25,28)/t15-/m1/s1. The van der Waals surface area contributed by atoms with Gasteiger partial charge in [-0.25, -0.2) is 9.50 Å². The number of likely N-dealkylation sites (tertiary alicyclic amines) is 1. The van der Waals surface area contributed by atoms with Gasteiger partial charge in [0.15, 0.2) is 0 Å². The molecule has 0 bridgehead atoms.